The summed E-state index contributed by atoms with van der Waals surface area (Å²) in [5.41, 5.74) is 0. The number of carbonyl (C=O) groups excluding carboxylic acids is 1. The quantitative estimate of drug-likeness (QED) is 0.532. The predicted octanol–water partition coefficient (Wildman–Crippen LogP) is 1.88. The van der Waals surface area contributed by atoms with Crippen molar-refractivity contribution in [1.82, 2.24) is 0 Å². The second-order valence-electron chi connectivity index (χ2n) is 4.15. The zero-order valence-corrected chi connectivity index (χ0v) is 10.9. The third kappa shape index (κ3) is 2.92. The van der Waals surface area contributed by atoms with E-state index in [0.29, 0.717) is 18.6 Å². The molecular weight excluding hydrogens is 244 g/mol. The Hall–Kier alpha value is -2.33. The summed E-state index contributed by atoms with van der Waals surface area (Å²) in [7, 11) is 0. The number of ether oxygens (including phenoxy) is 3. The topological polar surface area (TPSA) is 44.8 Å². The summed E-state index contributed by atoms with van der Waals surface area (Å²) >= 11 is 0. The summed E-state index contributed by atoms with van der Waals surface area (Å²) in [5.74, 6) is 10.2. The van der Waals surface area contributed by atoms with Gasteiger partial charge in [0, 0.05) is 25.8 Å². The highest BCUT2D eigenvalue weighted by Gasteiger charge is 2.51. The molecule has 2 atom stereocenters. The fraction of sp³-hybridized carbons (Fsp3) is 0.400. The van der Waals surface area contributed by atoms with Crippen LogP contribution < -0.4 is 0 Å². The van der Waals surface area contributed by atoms with E-state index in [0.717, 1.165) is 0 Å². The minimum atomic E-state index is -0.921. The standard InChI is InChI=1S/C15H14O4/c1-3-4-5-6-7-13-8-10-15(19-13)14(9-11-17-15)18-12(2)16/h7,9,11,14H,8,10H2,1-2H3. The molecule has 2 rings (SSSR count). The number of esters is 1. The summed E-state index contributed by atoms with van der Waals surface area (Å²) in [4.78, 5) is 11.0. The third-order valence-corrected chi connectivity index (χ3v) is 2.76. The molecule has 0 N–H and O–H groups in total. The first-order valence-corrected chi connectivity index (χ1v) is 5.98. The Bertz CT molecular complexity index is 550. The lowest BCUT2D eigenvalue weighted by atomic mass is 10.1. The van der Waals surface area contributed by atoms with Gasteiger partial charge in [0.2, 0.25) is 0 Å². The van der Waals surface area contributed by atoms with Gasteiger partial charge in [0.25, 0.3) is 5.79 Å². The van der Waals surface area contributed by atoms with E-state index in [1.54, 1.807) is 19.1 Å². The number of carbonyl (C=O) groups is 1. The molecular formula is C15H14O4. The fourth-order valence-corrected chi connectivity index (χ4v) is 1.97. The van der Waals surface area contributed by atoms with E-state index < -0.39 is 11.9 Å². The Morgan fingerprint density at radius 2 is 2.42 bits per heavy atom. The number of hydrogen-bond acceptors (Lipinski definition) is 4. The molecule has 0 aromatic rings. The molecule has 2 aliphatic heterocycles. The molecule has 0 aliphatic carbocycles. The first-order valence-electron chi connectivity index (χ1n) is 5.98. The van der Waals surface area contributed by atoms with E-state index in [-0.39, 0.29) is 5.97 Å². The van der Waals surface area contributed by atoms with Gasteiger partial charge in [0.1, 0.15) is 5.76 Å². The highest BCUT2D eigenvalue weighted by molar-refractivity contribution is 5.66. The van der Waals surface area contributed by atoms with Gasteiger partial charge in [-0.25, -0.2) is 0 Å². The Balaban J connectivity index is 2.06. The lowest BCUT2D eigenvalue weighted by molar-refractivity contribution is -0.206. The van der Waals surface area contributed by atoms with Gasteiger partial charge in [0.15, 0.2) is 6.10 Å². The van der Waals surface area contributed by atoms with Crippen molar-refractivity contribution in [2.24, 2.45) is 0 Å². The molecule has 1 saturated heterocycles. The highest BCUT2D eigenvalue weighted by atomic mass is 16.7. The van der Waals surface area contributed by atoms with Crippen molar-refractivity contribution in [3.05, 3.63) is 24.2 Å². The van der Waals surface area contributed by atoms with Crippen LogP contribution >= 0.6 is 0 Å². The molecule has 98 valence electrons. The van der Waals surface area contributed by atoms with Crippen LogP contribution in [0.5, 0.6) is 0 Å². The number of allylic oxidation sites excluding steroid dienone is 2. The molecule has 4 nitrogen and oxygen atoms in total. The first-order chi connectivity index (χ1) is 9.16. The van der Waals surface area contributed by atoms with Crippen molar-refractivity contribution >= 4 is 5.97 Å². The Kier molecular flexibility index (Phi) is 3.82. The van der Waals surface area contributed by atoms with E-state index in [1.807, 2.05) is 0 Å². The van der Waals surface area contributed by atoms with E-state index >= 15 is 0 Å². The van der Waals surface area contributed by atoms with Crippen molar-refractivity contribution in [3.63, 3.8) is 0 Å². The maximum Gasteiger partial charge on any atom is 0.303 e. The fourth-order valence-electron chi connectivity index (χ4n) is 1.97. The van der Waals surface area contributed by atoms with Crippen molar-refractivity contribution in [3.8, 4) is 23.7 Å². The second-order valence-corrected chi connectivity index (χ2v) is 4.15. The van der Waals surface area contributed by atoms with Crippen LogP contribution in [-0.2, 0) is 19.0 Å². The van der Waals surface area contributed by atoms with Gasteiger partial charge in [-0.15, -0.1) is 0 Å². The minimum Gasteiger partial charge on any atom is -0.456 e. The zero-order valence-electron chi connectivity index (χ0n) is 10.9. The van der Waals surface area contributed by atoms with Gasteiger partial charge >= 0.3 is 5.97 Å². The smallest absolute Gasteiger partial charge is 0.303 e. The molecule has 0 saturated carbocycles. The highest BCUT2D eigenvalue weighted by Crippen LogP contribution is 2.41. The molecule has 0 bridgehead atoms. The SMILES string of the molecule is CC#CC#CC=C1CCC2(OC=CC2OC(C)=O)O1. The number of rotatable bonds is 1. The molecule has 0 amide bonds. The minimum absolute atomic E-state index is 0.362. The second kappa shape index (κ2) is 5.54. The average molecular weight is 258 g/mol. The Morgan fingerprint density at radius 3 is 3.16 bits per heavy atom. The van der Waals surface area contributed by atoms with Crippen LogP contribution in [0.3, 0.4) is 0 Å². The molecule has 0 aromatic heterocycles. The average Bonchev–Trinajstić information content (AvgIpc) is 2.94. The summed E-state index contributed by atoms with van der Waals surface area (Å²) in [6, 6.07) is 0. The maximum atomic E-state index is 11.0. The van der Waals surface area contributed by atoms with E-state index in [1.165, 1.54) is 13.2 Å². The van der Waals surface area contributed by atoms with Crippen molar-refractivity contribution < 1.29 is 19.0 Å². The Morgan fingerprint density at radius 1 is 1.58 bits per heavy atom. The van der Waals surface area contributed by atoms with Crippen molar-refractivity contribution in [1.29, 1.82) is 0 Å². The summed E-state index contributed by atoms with van der Waals surface area (Å²) < 4.78 is 16.4. The summed E-state index contributed by atoms with van der Waals surface area (Å²) in [6.07, 6.45) is 5.65. The van der Waals surface area contributed by atoms with Gasteiger partial charge in [-0.05, 0) is 24.8 Å². The lowest BCUT2D eigenvalue weighted by Gasteiger charge is -2.28. The van der Waals surface area contributed by atoms with Crippen LogP contribution in [0.2, 0.25) is 0 Å². The van der Waals surface area contributed by atoms with Crippen LogP contribution in [0.1, 0.15) is 26.7 Å². The monoisotopic (exact) mass is 258 g/mol. The maximum absolute atomic E-state index is 11.0. The van der Waals surface area contributed by atoms with Crippen LogP contribution in [0, 0.1) is 23.7 Å². The largest absolute Gasteiger partial charge is 0.456 e. The lowest BCUT2D eigenvalue weighted by Crippen LogP contribution is -2.41. The summed E-state index contributed by atoms with van der Waals surface area (Å²) in [6.45, 7) is 3.09. The molecule has 0 radical (unpaired) electrons. The molecule has 19 heavy (non-hydrogen) atoms. The molecule has 1 spiro atoms. The van der Waals surface area contributed by atoms with Crippen molar-refractivity contribution in [2.45, 2.75) is 38.6 Å². The molecule has 0 aromatic carbocycles. The normalized spacial score (nSPS) is 28.9. The van der Waals surface area contributed by atoms with E-state index in [9.17, 15) is 4.79 Å². The zero-order chi connectivity index (χ0) is 13.7. The van der Waals surface area contributed by atoms with E-state index in [2.05, 4.69) is 23.7 Å². The van der Waals surface area contributed by atoms with Gasteiger partial charge in [-0.2, -0.15) is 0 Å². The molecule has 1 fully saturated rings. The van der Waals surface area contributed by atoms with Gasteiger partial charge in [-0.1, -0.05) is 11.8 Å². The number of hydrogen-bond donors (Lipinski definition) is 0. The summed E-state index contributed by atoms with van der Waals surface area (Å²) in [5, 5.41) is 0. The molecule has 2 aliphatic rings. The molecule has 2 unspecified atom stereocenters. The Labute approximate surface area is 112 Å². The first kappa shape index (κ1) is 13.1. The van der Waals surface area contributed by atoms with Crippen LogP contribution in [0.4, 0.5) is 0 Å². The van der Waals surface area contributed by atoms with Gasteiger partial charge in [0.05, 0.1) is 6.26 Å². The van der Waals surface area contributed by atoms with Crippen molar-refractivity contribution in [2.75, 3.05) is 0 Å². The van der Waals surface area contributed by atoms with Crippen LogP contribution in [-0.4, -0.2) is 17.9 Å². The van der Waals surface area contributed by atoms with Gasteiger partial charge < -0.3 is 14.2 Å². The van der Waals surface area contributed by atoms with Gasteiger partial charge in [-0.3, -0.25) is 4.79 Å². The predicted molar refractivity (Wildman–Crippen MR) is 68.1 cm³/mol. The van der Waals surface area contributed by atoms with Crippen LogP contribution in [0.25, 0.3) is 0 Å². The van der Waals surface area contributed by atoms with E-state index in [4.69, 9.17) is 14.2 Å². The molecule has 4 heteroatoms. The van der Waals surface area contributed by atoms with Crippen LogP contribution in [0.15, 0.2) is 24.2 Å². The third-order valence-electron chi connectivity index (χ3n) is 2.76. The molecule has 2 heterocycles.